The van der Waals surface area contributed by atoms with Crippen molar-refractivity contribution in [3.8, 4) is 11.5 Å². The molecule has 0 aliphatic carbocycles. The van der Waals surface area contributed by atoms with Gasteiger partial charge in [0.15, 0.2) is 0 Å². The van der Waals surface area contributed by atoms with Gasteiger partial charge in [0.25, 0.3) is 0 Å². The summed E-state index contributed by atoms with van der Waals surface area (Å²) >= 11 is 0. The number of methoxy groups -OCH3 is 2. The average Bonchev–Trinajstić information content (AvgIpc) is 2.54. The predicted molar refractivity (Wildman–Crippen MR) is 87.8 cm³/mol. The van der Waals surface area contributed by atoms with E-state index in [1.807, 2.05) is 0 Å². The van der Waals surface area contributed by atoms with Crippen molar-refractivity contribution >= 4 is 23.2 Å². The third kappa shape index (κ3) is 4.70. The van der Waals surface area contributed by atoms with Crippen molar-refractivity contribution < 1.29 is 23.5 Å². The highest BCUT2D eigenvalue weighted by molar-refractivity contribution is 6.08. The van der Waals surface area contributed by atoms with Gasteiger partial charge in [0.2, 0.25) is 11.8 Å². The van der Waals surface area contributed by atoms with Crippen LogP contribution in [0.4, 0.5) is 15.8 Å². The second-order valence-electron chi connectivity index (χ2n) is 4.85. The number of ether oxygens (including phenoxy) is 2. The molecule has 126 valence electrons. The van der Waals surface area contributed by atoms with Crippen LogP contribution in [0.15, 0.2) is 42.5 Å². The highest BCUT2D eigenvalue weighted by atomic mass is 19.1. The smallest absolute Gasteiger partial charge is 0.233 e. The van der Waals surface area contributed by atoms with Gasteiger partial charge in [-0.15, -0.1) is 0 Å². The van der Waals surface area contributed by atoms with E-state index in [1.54, 1.807) is 18.2 Å². The first kappa shape index (κ1) is 17.3. The Bertz CT molecular complexity index is 749. The van der Waals surface area contributed by atoms with Gasteiger partial charge in [-0.25, -0.2) is 4.39 Å². The van der Waals surface area contributed by atoms with Crippen LogP contribution in [0.3, 0.4) is 0 Å². The Morgan fingerprint density at radius 3 is 2.42 bits per heavy atom. The first-order valence-corrected chi connectivity index (χ1v) is 7.09. The van der Waals surface area contributed by atoms with Gasteiger partial charge in [0, 0.05) is 11.8 Å². The Morgan fingerprint density at radius 1 is 1.00 bits per heavy atom. The van der Waals surface area contributed by atoms with Crippen LogP contribution in [-0.2, 0) is 9.59 Å². The fraction of sp³-hybridized carbons (Fsp3) is 0.176. The van der Waals surface area contributed by atoms with Crippen molar-refractivity contribution in [2.75, 3.05) is 24.9 Å². The van der Waals surface area contributed by atoms with E-state index < -0.39 is 24.1 Å². The molecule has 0 atom stereocenters. The van der Waals surface area contributed by atoms with Crippen LogP contribution in [0, 0.1) is 5.82 Å². The second-order valence-corrected chi connectivity index (χ2v) is 4.85. The molecule has 0 aliphatic heterocycles. The standard InChI is InChI=1S/C17H17FN2O4/c1-23-13-6-7-14(15(9-13)24-2)20-17(22)10-16(21)19-12-5-3-4-11(18)8-12/h3-9H,10H2,1-2H3,(H,19,21)(H,20,22). The summed E-state index contributed by atoms with van der Waals surface area (Å²) in [6, 6.07) is 10.3. The molecule has 0 radical (unpaired) electrons. The van der Waals surface area contributed by atoms with Crippen LogP contribution in [0.2, 0.25) is 0 Å². The number of hydrogen-bond donors (Lipinski definition) is 2. The van der Waals surface area contributed by atoms with Gasteiger partial charge in [-0.2, -0.15) is 0 Å². The first-order valence-electron chi connectivity index (χ1n) is 7.09. The van der Waals surface area contributed by atoms with E-state index in [2.05, 4.69) is 10.6 Å². The van der Waals surface area contributed by atoms with Gasteiger partial charge in [0.1, 0.15) is 23.7 Å². The molecule has 0 spiro atoms. The largest absolute Gasteiger partial charge is 0.497 e. The molecule has 2 rings (SSSR count). The van der Waals surface area contributed by atoms with Gasteiger partial charge in [-0.1, -0.05) is 6.07 Å². The number of halogens is 1. The number of benzene rings is 2. The molecule has 0 heterocycles. The minimum atomic E-state index is -0.550. The molecule has 7 heteroatoms. The van der Waals surface area contributed by atoms with E-state index in [4.69, 9.17) is 9.47 Å². The predicted octanol–water partition coefficient (Wildman–Crippen LogP) is 2.81. The van der Waals surface area contributed by atoms with Crippen molar-refractivity contribution in [2.45, 2.75) is 6.42 Å². The van der Waals surface area contributed by atoms with Crippen LogP contribution in [0.1, 0.15) is 6.42 Å². The molecule has 24 heavy (non-hydrogen) atoms. The molecule has 2 aromatic carbocycles. The zero-order valence-corrected chi connectivity index (χ0v) is 13.3. The van der Waals surface area contributed by atoms with Gasteiger partial charge in [-0.3, -0.25) is 9.59 Å². The Labute approximate surface area is 138 Å². The van der Waals surface area contributed by atoms with Crippen molar-refractivity contribution in [2.24, 2.45) is 0 Å². The minimum absolute atomic E-state index is 0.287. The zero-order chi connectivity index (χ0) is 17.5. The Morgan fingerprint density at radius 2 is 1.75 bits per heavy atom. The average molecular weight is 332 g/mol. The lowest BCUT2D eigenvalue weighted by Crippen LogP contribution is -2.21. The third-order valence-electron chi connectivity index (χ3n) is 3.11. The van der Waals surface area contributed by atoms with E-state index in [9.17, 15) is 14.0 Å². The summed E-state index contributed by atoms with van der Waals surface area (Å²) in [5.41, 5.74) is 0.705. The molecule has 0 saturated heterocycles. The van der Waals surface area contributed by atoms with E-state index >= 15 is 0 Å². The molecule has 0 aromatic heterocycles. The summed E-state index contributed by atoms with van der Waals surface area (Å²) in [5, 5.41) is 5.04. The first-order chi connectivity index (χ1) is 11.5. The van der Waals surface area contributed by atoms with E-state index in [0.717, 1.165) is 0 Å². The van der Waals surface area contributed by atoms with E-state index in [-0.39, 0.29) is 5.69 Å². The molecule has 0 fully saturated rings. The zero-order valence-electron chi connectivity index (χ0n) is 13.3. The number of rotatable bonds is 6. The maximum Gasteiger partial charge on any atom is 0.233 e. The monoisotopic (exact) mass is 332 g/mol. The number of carbonyl (C=O) groups is 2. The fourth-order valence-electron chi connectivity index (χ4n) is 2.01. The van der Waals surface area contributed by atoms with E-state index in [1.165, 1.54) is 38.5 Å². The molecule has 0 saturated carbocycles. The summed E-state index contributed by atoms with van der Waals surface area (Å²) in [7, 11) is 2.98. The number of amides is 2. The van der Waals surface area contributed by atoms with Crippen molar-refractivity contribution in [3.63, 3.8) is 0 Å². The third-order valence-corrected chi connectivity index (χ3v) is 3.11. The molecular weight excluding hydrogens is 315 g/mol. The molecule has 0 unspecified atom stereocenters. The molecule has 2 N–H and O–H groups in total. The Balaban J connectivity index is 1.96. The molecule has 0 bridgehead atoms. The number of hydrogen-bond acceptors (Lipinski definition) is 4. The maximum absolute atomic E-state index is 13.1. The second kappa shape index (κ2) is 7.96. The molecule has 0 aliphatic rings. The van der Waals surface area contributed by atoms with E-state index in [0.29, 0.717) is 17.2 Å². The van der Waals surface area contributed by atoms with Crippen molar-refractivity contribution in [3.05, 3.63) is 48.3 Å². The van der Waals surface area contributed by atoms with Crippen LogP contribution in [-0.4, -0.2) is 26.0 Å². The van der Waals surface area contributed by atoms with Crippen LogP contribution in [0.5, 0.6) is 11.5 Å². The Kier molecular flexibility index (Phi) is 5.73. The quantitative estimate of drug-likeness (QED) is 0.798. The number of carbonyl (C=O) groups excluding carboxylic acids is 2. The van der Waals surface area contributed by atoms with Crippen molar-refractivity contribution in [1.82, 2.24) is 0 Å². The van der Waals surface area contributed by atoms with Crippen molar-refractivity contribution in [1.29, 1.82) is 0 Å². The van der Waals surface area contributed by atoms with Gasteiger partial charge in [-0.05, 0) is 30.3 Å². The molecule has 2 aromatic rings. The fourth-order valence-corrected chi connectivity index (χ4v) is 2.01. The SMILES string of the molecule is COc1ccc(NC(=O)CC(=O)Nc2cccc(F)c2)c(OC)c1. The highest BCUT2D eigenvalue weighted by Crippen LogP contribution is 2.29. The highest BCUT2D eigenvalue weighted by Gasteiger charge is 2.13. The van der Waals surface area contributed by atoms with Gasteiger partial charge >= 0.3 is 0 Å². The number of nitrogens with one attached hydrogen (secondary N) is 2. The van der Waals surface area contributed by atoms with Gasteiger partial charge in [0.05, 0.1) is 19.9 Å². The lowest BCUT2D eigenvalue weighted by atomic mass is 10.2. The summed E-state index contributed by atoms with van der Waals surface area (Å²) < 4.78 is 23.3. The summed E-state index contributed by atoms with van der Waals surface area (Å²) in [5.74, 6) is -0.555. The number of anilines is 2. The Hall–Kier alpha value is -3.09. The van der Waals surface area contributed by atoms with Crippen LogP contribution in [0.25, 0.3) is 0 Å². The lowest BCUT2D eigenvalue weighted by Gasteiger charge is -2.11. The summed E-state index contributed by atoms with van der Waals surface area (Å²) in [6.45, 7) is 0. The minimum Gasteiger partial charge on any atom is -0.497 e. The van der Waals surface area contributed by atoms with Crippen LogP contribution < -0.4 is 20.1 Å². The molecule has 6 nitrogen and oxygen atoms in total. The molecular formula is C17H17FN2O4. The topological polar surface area (TPSA) is 76.7 Å². The lowest BCUT2D eigenvalue weighted by molar-refractivity contribution is -0.123. The van der Waals surface area contributed by atoms with Crippen LogP contribution >= 0.6 is 0 Å². The summed E-state index contributed by atoms with van der Waals surface area (Å²) in [6.07, 6.45) is -0.411. The summed E-state index contributed by atoms with van der Waals surface area (Å²) in [4.78, 5) is 23.8. The normalized spacial score (nSPS) is 9.96. The molecule has 2 amide bonds. The maximum atomic E-state index is 13.1. The van der Waals surface area contributed by atoms with Gasteiger partial charge < -0.3 is 20.1 Å².